The van der Waals surface area contributed by atoms with Crippen LogP contribution in [0, 0.1) is 0 Å². The molecule has 0 aromatic carbocycles. The first-order valence-electron chi connectivity index (χ1n) is 10.6. The van der Waals surface area contributed by atoms with Crippen LogP contribution in [0.1, 0.15) is 103 Å². The van der Waals surface area contributed by atoms with Crippen molar-refractivity contribution in [2.75, 3.05) is 20.6 Å². The summed E-state index contributed by atoms with van der Waals surface area (Å²) < 4.78 is 0. The Bertz CT molecular complexity index is 337. The van der Waals surface area contributed by atoms with Crippen LogP contribution in [0.2, 0.25) is 0 Å². The normalized spacial score (nSPS) is 12.1. The smallest absolute Gasteiger partial charge is 0.330 e. The maximum absolute atomic E-state index is 10.6. The molecule has 0 saturated heterocycles. The van der Waals surface area contributed by atoms with Gasteiger partial charge in [-0.05, 0) is 46.8 Å². The first-order chi connectivity index (χ1) is 12.0. The summed E-state index contributed by atoms with van der Waals surface area (Å²) in [6.45, 7) is 2.91. The molecule has 0 fully saturated rings. The Morgan fingerprint density at radius 3 is 1.44 bits per heavy atom. The van der Waals surface area contributed by atoms with Crippen molar-refractivity contribution in [3.63, 3.8) is 0 Å². The standard InChI is InChI=1S/C22H43NO2/c1-21(22(24)25)19-17-15-13-11-9-7-5-4-6-8-10-12-14-16-18-20-23(2)3/h19H,4-18,20H2,1-3H3,(H,24,25). The van der Waals surface area contributed by atoms with Crippen LogP contribution in [0.15, 0.2) is 11.6 Å². The largest absolute Gasteiger partial charge is 0.478 e. The minimum atomic E-state index is -0.788. The SMILES string of the molecule is CC(=CCCCCCCCCCCCCCCCCN(C)C)C(=O)O. The zero-order chi connectivity index (χ0) is 18.8. The van der Waals surface area contributed by atoms with Gasteiger partial charge in [-0.1, -0.05) is 83.1 Å². The van der Waals surface area contributed by atoms with E-state index < -0.39 is 5.97 Å². The lowest BCUT2D eigenvalue weighted by Gasteiger charge is -2.08. The molecule has 0 aliphatic heterocycles. The fourth-order valence-corrected chi connectivity index (χ4v) is 3.10. The van der Waals surface area contributed by atoms with E-state index in [9.17, 15) is 4.79 Å². The van der Waals surface area contributed by atoms with Gasteiger partial charge in [0.1, 0.15) is 0 Å². The van der Waals surface area contributed by atoms with Crippen molar-refractivity contribution in [2.45, 2.75) is 103 Å². The third-order valence-electron chi connectivity index (χ3n) is 4.85. The monoisotopic (exact) mass is 353 g/mol. The highest BCUT2D eigenvalue weighted by molar-refractivity contribution is 5.85. The molecule has 25 heavy (non-hydrogen) atoms. The molecule has 0 spiro atoms. The number of aliphatic carboxylic acids is 1. The van der Waals surface area contributed by atoms with E-state index in [1.165, 1.54) is 90.0 Å². The van der Waals surface area contributed by atoms with Crippen molar-refractivity contribution in [2.24, 2.45) is 0 Å². The van der Waals surface area contributed by atoms with Crippen molar-refractivity contribution >= 4 is 5.97 Å². The average molecular weight is 354 g/mol. The molecule has 1 N–H and O–H groups in total. The molecule has 3 nitrogen and oxygen atoms in total. The van der Waals surface area contributed by atoms with E-state index in [1.54, 1.807) is 6.92 Å². The summed E-state index contributed by atoms with van der Waals surface area (Å²) in [5.74, 6) is -0.788. The van der Waals surface area contributed by atoms with E-state index in [1.807, 2.05) is 6.08 Å². The zero-order valence-corrected chi connectivity index (χ0v) is 17.2. The second kappa shape index (κ2) is 18.0. The lowest BCUT2D eigenvalue weighted by molar-refractivity contribution is -0.132. The maximum atomic E-state index is 10.6. The number of nitrogens with zero attached hydrogens (tertiary/aromatic N) is 1. The molecular weight excluding hydrogens is 310 g/mol. The lowest BCUT2D eigenvalue weighted by atomic mass is 10.0. The maximum Gasteiger partial charge on any atom is 0.330 e. The molecular formula is C22H43NO2. The Morgan fingerprint density at radius 2 is 1.08 bits per heavy atom. The van der Waals surface area contributed by atoms with Crippen LogP contribution >= 0.6 is 0 Å². The minimum Gasteiger partial charge on any atom is -0.478 e. The fourth-order valence-electron chi connectivity index (χ4n) is 3.10. The molecule has 0 saturated carbocycles. The fraction of sp³-hybridized carbons (Fsp3) is 0.864. The van der Waals surface area contributed by atoms with Gasteiger partial charge in [0.15, 0.2) is 0 Å². The molecule has 0 atom stereocenters. The van der Waals surface area contributed by atoms with Crippen LogP contribution in [0.3, 0.4) is 0 Å². The number of hydrogen-bond acceptors (Lipinski definition) is 2. The molecule has 0 amide bonds. The number of carboxylic acid groups (broad SMARTS) is 1. The molecule has 0 aromatic rings. The number of rotatable bonds is 18. The summed E-state index contributed by atoms with van der Waals surface area (Å²) in [5.41, 5.74) is 0.480. The predicted octanol–water partition coefficient (Wildman–Crippen LogP) is 6.43. The van der Waals surface area contributed by atoms with Crippen molar-refractivity contribution in [3.8, 4) is 0 Å². The van der Waals surface area contributed by atoms with Gasteiger partial charge in [0.2, 0.25) is 0 Å². The van der Waals surface area contributed by atoms with Crippen LogP contribution in [0.25, 0.3) is 0 Å². The summed E-state index contributed by atoms with van der Waals surface area (Å²) in [5, 5.41) is 8.76. The van der Waals surface area contributed by atoms with Gasteiger partial charge in [-0.15, -0.1) is 0 Å². The summed E-state index contributed by atoms with van der Waals surface area (Å²) in [6, 6.07) is 0. The van der Waals surface area contributed by atoms with Crippen molar-refractivity contribution in [1.82, 2.24) is 4.90 Å². The number of carboxylic acids is 1. The molecule has 148 valence electrons. The molecule has 0 radical (unpaired) electrons. The van der Waals surface area contributed by atoms with Crippen molar-refractivity contribution < 1.29 is 9.90 Å². The summed E-state index contributed by atoms with van der Waals surface area (Å²) in [4.78, 5) is 12.9. The third kappa shape index (κ3) is 19.3. The van der Waals surface area contributed by atoms with E-state index >= 15 is 0 Å². The van der Waals surface area contributed by atoms with Gasteiger partial charge >= 0.3 is 5.97 Å². The van der Waals surface area contributed by atoms with Gasteiger partial charge < -0.3 is 10.0 Å². The molecule has 0 aromatic heterocycles. The highest BCUT2D eigenvalue weighted by Crippen LogP contribution is 2.13. The number of unbranched alkanes of at least 4 members (excludes halogenated alkanes) is 14. The third-order valence-corrected chi connectivity index (χ3v) is 4.85. The molecule has 0 heterocycles. The molecule has 3 heteroatoms. The topological polar surface area (TPSA) is 40.5 Å². The predicted molar refractivity (Wildman–Crippen MR) is 109 cm³/mol. The number of carbonyl (C=O) groups is 1. The van der Waals surface area contributed by atoms with E-state index in [-0.39, 0.29) is 0 Å². The van der Waals surface area contributed by atoms with Crippen molar-refractivity contribution in [3.05, 3.63) is 11.6 Å². The molecule has 0 unspecified atom stereocenters. The Morgan fingerprint density at radius 1 is 0.720 bits per heavy atom. The zero-order valence-electron chi connectivity index (χ0n) is 17.2. The average Bonchev–Trinajstić information content (AvgIpc) is 2.57. The van der Waals surface area contributed by atoms with Gasteiger partial charge in [-0.25, -0.2) is 4.79 Å². The second-order valence-electron chi connectivity index (χ2n) is 7.73. The van der Waals surface area contributed by atoms with Gasteiger partial charge in [-0.3, -0.25) is 0 Å². The van der Waals surface area contributed by atoms with Crippen LogP contribution in [-0.4, -0.2) is 36.6 Å². The van der Waals surface area contributed by atoms with E-state index in [2.05, 4.69) is 19.0 Å². The van der Waals surface area contributed by atoms with Crippen LogP contribution in [0.5, 0.6) is 0 Å². The van der Waals surface area contributed by atoms with Gasteiger partial charge in [-0.2, -0.15) is 0 Å². The van der Waals surface area contributed by atoms with Crippen LogP contribution in [0.4, 0.5) is 0 Å². The van der Waals surface area contributed by atoms with Gasteiger partial charge in [0, 0.05) is 5.57 Å². The molecule has 0 aliphatic carbocycles. The van der Waals surface area contributed by atoms with Crippen molar-refractivity contribution in [1.29, 1.82) is 0 Å². The van der Waals surface area contributed by atoms with Gasteiger partial charge in [0.25, 0.3) is 0 Å². The highest BCUT2D eigenvalue weighted by atomic mass is 16.4. The number of allylic oxidation sites excluding steroid dienone is 1. The van der Waals surface area contributed by atoms with Gasteiger partial charge in [0.05, 0.1) is 0 Å². The van der Waals surface area contributed by atoms with E-state index in [0.29, 0.717) is 5.57 Å². The summed E-state index contributed by atoms with van der Waals surface area (Å²) >= 11 is 0. The second-order valence-corrected chi connectivity index (χ2v) is 7.73. The summed E-state index contributed by atoms with van der Waals surface area (Å²) in [7, 11) is 4.31. The lowest BCUT2D eigenvalue weighted by Crippen LogP contribution is -2.12. The van der Waals surface area contributed by atoms with Crippen LogP contribution < -0.4 is 0 Å². The Hall–Kier alpha value is -0.830. The Kier molecular flexibility index (Phi) is 17.4. The molecule has 0 bridgehead atoms. The molecule has 0 rings (SSSR count). The van der Waals surface area contributed by atoms with E-state index in [4.69, 9.17) is 5.11 Å². The molecule has 0 aliphatic rings. The Labute approximate surface area is 156 Å². The summed E-state index contributed by atoms with van der Waals surface area (Å²) in [6.07, 6.45) is 21.8. The van der Waals surface area contributed by atoms with Crippen LogP contribution in [-0.2, 0) is 4.79 Å². The first kappa shape index (κ1) is 24.2. The highest BCUT2D eigenvalue weighted by Gasteiger charge is 1.98. The first-order valence-corrected chi connectivity index (χ1v) is 10.6. The minimum absolute atomic E-state index is 0.480. The van der Waals surface area contributed by atoms with E-state index in [0.717, 1.165) is 12.8 Å². The number of hydrogen-bond donors (Lipinski definition) is 1. The Balaban J connectivity index is 3.12. The quantitative estimate of drug-likeness (QED) is 0.228.